The number of thiazole rings is 1. The van der Waals surface area contributed by atoms with Gasteiger partial charge in [0.2, 0.25) is 0 Å². The summed E-state index contributed by atoms with van der Waals surface area (Å²) in [6.07, 6.45) is 0.593. The van der Waals surface area contributed by atoms with Crippen LogP contribution in [0.4, 0.5) is 0 Å². The molecule has 8 rings (SSSR count). The number of carbonyl (C=O) groups excluding carboxylic acids is 1. The van der Waals surface area contributed by atoms with E-state index in [1.165, 1.54) is 10.9 Å². The molecule has 1 aliphatic rings. The summed E-state index contributed by atoms with van der Waals surface area (Å²) < 4.78 is 15.7. The summed E-state index contributed by atoms with van der Waals surface area (Å²) in [5.41, 5.74) is 8.55. The second-order valence-electron chi connectivity index (χ2n) is 12.8. The molecule has 10 heteroatoms. The van der Waals surface area contributed by atoms with Crippen molar-refractivity contribution in [3.63, 3.8) is 0 Å². The Bertz CT molecular complexity index is 2310. The van der Waals surface area contributed by atoms with E-state index in [-0.39, 0.29) is 36.3 Å². The van der Waals surface area contributed by atoms with Gasteiger partial charge in [-0.15, -0.1) is 11.3 Å². The van der Waals surface area contributed by atoms with Crippen molar-refractivity contribution in [3.8, 4) is 11.1 Å². The number of nitrogens with one attached hydrogen (secondary N) is 1. The third kappa shape index (κ3) is 7.48. The summed E-state index contributed by atoms with van der Waals surface area (Å²) in [6, 6.07) is 40.1. The van der Waals surface area contributed by atoms with Gasteiger partial charge in [0.15, 0.2) is 10.6 Å². The van der Waals surface area contributed by atoms with Crippen molar-refractivity contribution in [1.29, 1.82) is 0 Å². The maximum absolute atomic E-state index is 13.0. The lowest BCUT2D eigenvalue weighted by Crippen LogP contribution is -2.38. The van der Waals surface area contributed by atoms with Crippen LogP contribution in [0.5, 0.6) is 0 Å². The van der Waals surface area contributed by atoms with E-state index in [1.54, 1.807) is 23.1 Å². The van der Waals surface area contributed by atoms with Crippen LogP contribution in [0, 0.1) is 5.92 Å². The summed E-state index contributed by atoms with van der Waals surface area (Å²) in [4.78, 5) is 26.6. The number of aliphatic hydroxyl groups is 1. The van der Waals surface area contributed by atoms with E-state index >= 15 is 0 Å². The van der Waals surface area contributed by atoms with Gasteiger partial charge in [-0.25, -0.2) is 9.97 Å². The number of benzene rings is 5. The van der Waals surface area contributed by atoms with E-state index in [0.29, 0.717) is 12.1 Å². The average molecular weight is 725 g/mol. The van der Waals surface area contributed by atoms with Crippen molar-refractivity contribution in [2.45, 2.75) is 42.9 Å². The Kier molecular flexibility index (Phi) is 10.1. The lowest BCUT2D eigenvalue weighted by atomic mass is 9.91. The first-order valence-corrected chi connectivity index (χ1v) is 19.0. The van der Waals surface area contributed by atoms with Crippen LogP contribution in [0.2, 0.25) is 0 Å². The molecular weight excluding hydrogens is 689 g/mol. The highest BCUT2D eigenvalue weighted by atomic mass is 32.2. The normalized spacial score (nSPS) is 18.8. The molecule has 7 aromatic rings. The van der Waals surface area contributed by atoms with Crippen LogP contribution in [0.1, 0.15) is 52.1 Å². The van der Waals surface area contributed by atoms with Crippen molar-refractivity contribution in [2.24, 2.45) is 5.92 Å². The van der Waals surface area contributed by atoms with Gasteiger partial charge in [-0.3, -0.25) is 9.78 Å². The largest absolute Gasteiger partial charge is 0.392 e. The summed E-state index contributed by atoms with van der Waals surface area (Å²) in [7, 11) is 0. The number of carbonyl (C=O) groups is 1. The molecule has 2 N–H and O–H groups in total. The summed E-state index contributed by atoms with van der Waals surface area (Å²) in [6.45, 7) is 2.52. The van der Waals surface area contributed by atoms with Crippen LogP contribution in [-0.4, -0.2) is 37.8 Å². The van der Waals surface area contributed by atoms with Gasteiger partial charge < -0.3 is 19.9 Å². The SMILES string of the molecule is C[C@H]1[C@@H](CSc2nc3ccccc3s2)O[C@@H](c2cccc(-c3cccc(CNC(=O)c4cnc5ccccc5n4)c3)c2)O[C@H]1c1ccc(CO)cc1. The molecule has 0 bridgehead atoms. The molecule has 2 aromatic heterocycles. The third-order valence-electron chi connectivity index (χ3n) is 9.32. The number of nitrogens with zero attached hydrogens (tertiary/aromatic N) is 3. The molecular formula is C42H36N4O4S2. The van der Waals surface area contributed by atoms with Gasteiger partial charge >= 0.3 is 0 Å². The Morgan fingerprint density at radius 3 is 2.35 bits per heavy atom. The van der Waals surface area contributed by atoms with Crippen LogP contribution < -0.4 is 5.32 Å². The second-order valence-corrected chi connectivity index (χ2v) is 15.1. The molecule has 4 atom stereocenters. The zero-order chi connectivity index (χ0) is 35.4. The molecule has 52 heavy (non-hydrogen) atoms. The number of aliphatic hydroxyl groups excluding tert-OH is 1. The highest BCUT2D eigenvalue weighted by Crippen LogP contribution is 2.44. The topological polar surface area (TPSA) is 106 Å². The number of hydrogen-bond donors (Lipinski definition) is 2. The highest BCUT2D eigenvalue weighted by molar-refractivity contribution is 8.01. The Morgan fingerprint density at radius 1 is 0.788 bits per heavy atom. The molecule has 0 saturated carbocycles. The smallest absolute Gasteiger partial charge is 0.271 e. The fraction of sp³-hybridized carbons (Fsp3) is 0.190. The minimum atomic E-state index is -0.592. The third-order valence-corrected chi connectivity index (χ3v) is 11.6. The lowest BCUT2D eigenvalue weighted by Gasteiger charge is -2.41. The molecule has 260 valence electrons. The molecule has 0 radical (unpaired) electrons. The number of ether oxygens (including phenoxy) is 2. The molecule has 0 unspecified atom stereocenters. The number of hydrogen-bond acceptors (Lipinski definition) is 9. The molecule has 8 nitrogen and oxygen atoms in total. The van der Waals surface area contributed by atoms with Crippen LogP contribution in [0.25, 0.3) is 32.4 Å². The number of thioether (sulfide) groups is 1. The van der Waals surface area contributed by atoms with Crippen LogP contribution >= 0.6 is 23.1 Å². The van der Waals surface area contributed by atoms with Crippen molar-refractivity contribution < 1.29 is 19.4 Å². The van der Waals surface area contributed by atoms with Gasteiger partial charge in [0.1, 0.15) is 5.69 Å². The maximum Gasteiger partial charge on any atom is 0.271 e. The summed E-state index contributed by atoms with van der Waals surface area (Å²) >= 11 is 3.42. The van der Waals surface area contributed by atoms with Gasteiger partial charge in [0.05, 0.1) is 46.3 Å². The quantitative estimate of drug-likeness (QED) is 0.135. The number of amides is 1. The second kappa shape index (κ2) is 15.3. The van der Waals surface area contributed by atoms with E-state index in [2.05, 4.69) is 52.5 Å². The first kappa shape index (κ1) is 34.1. The first-order chi connectivity index (χ1) is 25.5. The van der Waals surface area contributed by atoms with Crippen LogP contribution in [0.3, 0.4) is 0 Å². The Labute approximate surface area is 309 Å². The standard InChI is InChI=1S/C42H36N4O4S2/c1-26-37(25-51-42-46-35-14-4-5-15-38(35)52-42)49-41(50-39(26)29-18-16-27(24-47)17-19-29)32-11-7-10-31(21-32)30-9-6-8-28(20-30)22-44-40(48)36-23-43-33-12-2-3-13-34(33)45-36/h2-21,23,26,37,39,41,47H,22,24-25H2,1H3,(H,44,48)/t26-,37+,39+,41+/m0/s1. The Balaban J connectivity index is 1.01. The van der Waals surface area contributed by atoms with E-state index in [4.69, 9.17) is 14.5 Å². The van der Waals surface area contributed by atoms with Crippen LogP contribution in [-0.2, 0) is 22.6 Å². The Hall–Kier alpha value is -4.97. The zero-order valence-corrected chi connectivity index (χ0v) is 30.0. The molecule has 1 fully saturated rings. The van der Waals surface area contributed by atoms with Gasteiger partial charge in [-0.1, -0.05) is 104 Å². The molecule has 0 spiro atoms. The average Bonchev–Trinajstić information content (AvgIpc) is 3.63. The first-order valence-electron chi connectivity index (χ1n) is 17.2. The van der Waals surface area contributed by atoms with Gasteiger partial charge in [-0.05, 0) is 64.2 Å². The molecule has 3 heterocycles. The Morgan fingerprint density at radius 2 is 1.54 bits per heavy atom. The van der Waals surface area contributed by atoms with Crippen molar-refractivity contribution in [3.05, 3.63) is 155 Å². The maximum atomic E-state index is 13.0. The molecule has 1 saturated heterocycles. The van der Waals surface area contributed by atoms with E-state index < -0.39 is 6.29 Å². The van der Waals surface area contributed by atoms with E-state index in [9.17, 15) is 9.90 Å². The number of rotatable bonds is 10. The number of para-hydroxylation sites is 3. The van der Waals surface area contributed by atoms with Gasteiger partial charge in [-0.2, -0.15) is 0 Å². The molecule has 0 aliphatic carbocycles. The predicted octanol–water partition coefficient (Wildman–Crippen LogP) is 8.91. The van der Waals surface area contributed by atoms with E-state index in [0.717, 1.165) is 54.5 Å². The number of aromatic nitrogens is 3. The molecule has 1 amide bonds. The van der Waals surface area contributed by atoms with Crippen molar-refractivity contribution >= 4 is 50.3 Å². The van der Waals surface area contributed by atoms with Gasteiger partial charge in [0, 0.05) is 23.8 Å². The number of fused-ring (bicyclic) bond motifs is 2. The van der Waals surface area contributed by atoms with Gasteiger partial charge in [0.25, 0.3) is 5.91 Å². The minimum Gasteiger partial charge on any atom is -0.392 e. The summed E-state index contributed by atoms with van der Waals surface area (Å²) in [5.74, 6) is 0.515. The minimum absolute atomic E-state index is 0.00593. The fourth-order valence-electron chi connectivity index (χ4n) is 6.44. The molecule has 1 aliphatic heterocycles. The monoisotopic (exact) mass is 724 g/mol. The predicted molar refractivity (Wildman–Crippen MR) is 206 cm³/mol. The van der Waals surface area contributed by atoms with Crippen molar-refractivity contribution in [2.75, 3.05) is 5.75 Å². The van der Waals surface area contributed by atoms with E-state index in [1.807, 2.05) is 91.0 Å². The highest BCUT2D eigenvalue weighted by Gasteiger charge is 2.38. The van der Waals surface area contributed by atoms with Crippen molar-refractivity contribution in [1.82, 2.24) is 20.3 Å². The fourth-order valence-corrected chi connectivity index (χ4v) is 8.70. The zero-order valence-electron chi connectivity index (χ0n) is 28.4. The molecule has 5 aromatic carbocycles. The van der Waals surface area contributed by atoms with Crippen LogP contribution in [0.15, 0.2) is 132 Å². The summed E-state index contributed by atoms with van der Waals surface area (Å²) in [5, 5.41) is 12.6. The lowest BCUT2D eigenvalue weighted by molar-refractivity contribution is -0.268.